The highest BCUT2D eigenvalue weighted by Crippen LogP contribution is 2.20. The molecule has 1 aliphatic rings. The van der Waals surface area contributed by atoms with E-state index in [1.165, 1.54) is 0 Å². The van der Waals surface area contributed by atoms with Gasteiger partial charge in [-0.15, -0.1) is 0 Å². The molecule has 86 valence electrons. The Kier molecular flexibility index (Phi) is 3.94. The number of carboxylic acid groups (broad SMARTS) is 1. The number of carboxylic acids is 1. The van der Waals surface area contributed by atoms with E-state index < -0.39 is 5.97 Å². The summed E-state index contributed by atoms with van der Waals surface area (Å²) in [4.78, 5) is 25.6. The average molecular weight is 214 g/mol. The Hall–Kier alpha value is -1.26. The summed E-state index contributed by atoms with van der Waals surface area (Å²) in [5, 5.41) is 8.56. The van der Waals surface area contributed by atoms with Gasteiger partial charge in [-0.2, -0.15) is 0 Å². The van der Waals surface area contributed by atoms with Gasteiger partial charge in [-0.05, 0) is 13.8 Å². The molecule has 5 nitrogen and oxygen atoms in total. The summed E-state index contributed by atoms with van der Waals surface area (Å²) in [6.07, 6.45) is 0.169. The topological polar surface area (TPSA) is 60.9 Å². The van der Waals surface area contributed by atoms with E-state index in [1.807, 2.05) is 13.8 Å². The second-order valence-electron chi connectivity index (χ2n) is 3.82. The Labute approximate surface area is 89.7 Å². The van der Waals surface area contributed by atoms with Crippen molar-refractivity contribution in [2.45, 2.75) is 20.3 Å². The Morgan fingerprint density at radius 2 is 1.87 bits per heavy atom. The Balaban J connectivity index is 2.31. The highest BCUT2D eigenvalue weighted by Gasteiger charge is 2.33. The summed E-state index contributed by atoms with van der Waals surface area (Å²) in [5.41, 5.74) is 0. The van der Waals surface area contributed by atoms with Gasteiger partial charge in [-0.1, -0.05) is 0 Å². The van der Waals surface area contributed by atoms with Crippen LogP contribution in [0.1, 0.15) is 20.3 Å². The first kappa shape index (κ1) is 11.8. The second-order valence-corrected chi connectivity index (χ2v) is 3.82. The first-order valence-corrected chi connectivity index (χ1v) is 5.34. The molecule has 0 atom stereocenters. The molecule has 0 aliphatic carbocycles. The van der Waals surface area contributed by atoms with Crippen molar-refractivity contribution < 1.29 is 14.7 Å². The Morgan fingerprint density at radius 1 is 1.33 bits per heavy atom. The highest BCUT2D eigenvalue weighted by molar-refractivity contribution is 5.76. The third-order valence-corrected chi connectivity index (χ3v) is 2.72. The van der Waals surface area contributed by atoms with Crippen LogP contribution in [-0.2, 0) is 4.79 Å². The monoisotopic (exact) mass is 214 g/mol. The summed E-state index contributed by atoms with van der Waals surface area (Å²) in [5.74, 6) is -0.642. The van der Waals surface area contributed by atoms with Crippen LogP contribution in [0.15, 0.2) is 0 Å². The minimum Gasteiger partial charge on any atom is -0.481 e. The lowest BCUT2D eigenvalue weighted by atomic mass is 9.97. The van der Waals surface area contributed by atoms with E-state index in [2.05, 4.69) is 0 Å². The maximum absolute atomic E-state index is 11.7. The molecule has 1 N–H and O–H groups in total. The van der Waals surface area contributed by atoms with Gasteiger partial charge in [0.25, 0.3) is 0 Å². The molecule has 1 heterocycles. The molecule has 0 aromatic carbocycles. The van der Waals surface area contributed by atoms with Crippen LogP contribution >= 0.6 is 0 Å². The molecule has 0 spiro atoms. The van der Waals surface area contributed by atoms with E-state index in [0.29, 0.717) is 26.2 Å². The van der Waals surface area contributed by atoms with Crippen molar-refractivity contribution in [1.82, 2.24) is 9.80 Å². The van der Waals surface area contributed by atoms with Crippen molar-refractivity contribution in [3.05, 3.63) is 0 Å². The molecule has 15 heavy (non-hydrogen) atoms. The predicted molar refractivity (Wildman–Crippen MR) is 55.6 cm³/mol. The number of likely N-dealkylation sites (tertiary alicyclic amines) is 1. The first-order chi connectivity index (χ1) is 7.08. The van der Waals surface area contributed by atoms with Crippen molar-refractivity contribution in [3.63, 3.8) is 0 Å². The molecule has 1 fully saturated rings. The van der Waals surface area contributed by atoms with Gasteiger partial charge in [0, 0.05) is 32.1 Å². The number of carbonyl (C=O) groups is 2. The van der Waals surface area contributed by atoms with Crippen LogP contribution < -0.4 is 0 Å². The summed E-state index contributed by atoms with van der Waals surface area (Å²) in [7, 11) is 0. The molecule has 0 saturated carbocycles. The summed E-state index contributed by atoms with van der Waals surface area (Å²) < 4.78 is 0. The van der Waals surface area contributed by atoms with E-state index in [-0.39, 0.29) is 18.4 Å². The Bertz CT molecular complexity index is 245. The fourth-order valence-electron chi connectivity index (χ4n) is 1.80. The van der Waals surface area contributed by atoms with Gasteiger partial charge in [0.05, 0.1) is 6.42 Å². The lowest BCUT2D eigenvalue weighted by molar-refractivity contribution is -0.139. The lowest BCUT2D eigenvalue weighted by Gasteiger charge is -2.41. The van der Waals surface area contributed by atoms with E-state index >= 15 is 0 Å². The smallest absolute Gasteiger partial charge is 0.319 e. The second kappa shape index (κ2) is 5.00. The zero-order valence-electron chi connectivity index (χ0n) is 9.27. The molecule has 5 heteroatoms. The number of amides is 2. The SMILES string of the molecule is CCN(CC)C(=O)N1CC(CC(=O)O)C1. The van der Waals surface area contributed by atoms with Gasteiger partial charge >= 0.3 is 12.0 Å². The van der Waals surface area contributed by atoms with Gasteiger partial charge in [0.1, 0.15) is 0 Å². The first-order valence-electron chi connectivity index (χ1n) is 5.34. The van der Waals surface area contributed by atoms with E-state index in [1.54, 1.807) is 9.80 Å². The molecule has 0 radical (unpaired) electrons. The van der Waals surface area contributed by atoms with Crippen molar-refractivity contribution >= 4 is 12.0 Å². The molecule has 0 aromatic rings. The summed E-state index contributed by atoms with van der Waals surface area (Å²) in [6, 6.07) is 0.0293. The van der Waals surface area contributed by atoms with Gasteiger partial charge in [0.2, 0.25) is 0 Å². The van der Waals surface area contributed by atoms with Gasteiger partial charge in [-0.25, -0.2) is 4.79 Å². The van der Waals surface area contributed by atoms with Gasteiger partial charge < -0.3 is 14.9 Å². The zero-order valence-corrected chi connectivity index (χ0v) is 9.27. The maximum atomic E-state index is 11.7. The van der Waals surface area contributed by atoms with Crippen molar-refractivity contribution in [2.75, 3.05) is 26.2 Å². The van der Waals surface area contributed by atoms with E-state index in [4.69, 9.17) is 5.11 Å². The number of hydrogen-bond acceptors (Lipinski definition) is 2. The number of aliphatic carboxylic acids is 1. The number of carbonyl (C=O) groups excluding carboxylic acids is 1. The molecule has 0 aromatic heterocycles. The number of hydrogen-bond donors (Lipinski definition) is 1. The third-order valence-electron chi connectivity index (χ3n) is 2.72. The molecule has 1 rings (SSSR count). The van der Waals surface area contributed by atoms with E-state index in [9.17, 15) is 9.59 Å². The fourth-order valence-corrected chi connectivity index (χ4v) is 1.80. The van der Waals surface area contributed by atoms with Crippen LogP contribution in [-0.4, -0.2) is 53.1 Å². The largest absolute Gasteiger partial charge is 0.481 e. The molecule has 1 aliphatic heterocycles. The molecule has 2 amide bonds. The van der Waals surface area contributed by atoms with E-state index in [0.717, 1.165) is 0 Å². The highest BCUT2D eigenvalue weighted by atomic mass is 16.4. The Morgan fingerprint density at radius 3 is 2.27 bits per heavy atom. The molecular formula is C10H18N2O3. The standard InChI is InChI=1S/C10H18N2O3/c1-3-11(4-2)10(15)12-6-8(7-12)5-9(13)14/h8H,3-7H2,1-2H3,(H,13,14). The van der Waals surface area contributed by atoms with Crippen molar-refractivity contribution in [3.8, 4) is 0 Å². The zero-order chi connectivity index (χ0) is 11.4. The normalized spacial score (nSPS) is 16.0. The maximum Gasteiger partial charge on any atom is 0.319 e. The van der Waals surface area contributed by atoms with Crippen LogP contribution in [0.4, 0.5) is 4.79 Å². The lowest BCUT2D eigenvalue weighted by Crippen LogP contribution is -2.55. The van der Waals surface area contributed by atoms with Crippen LogP contribution in [0.3, 0.4) is 0 Å². The predicted octanol–water partition coefficient (Wildman–Crippen LogP) is 0.855. The van der Waals surface area contributed by atoms with Crippen LogP contribution in [0.5, 0.6) is 0 Å². The van der Waals surface area contributed by atoms with Crippen LogP contribution in [0.25, 0.3) is 0 Å². The van der Waals surface area contributed by atoms with Crippen LogP contribution in [0.2, 0.25) is 0 Å². The summed E-state index contributed by atoms with van der Waals surface area (Å²) >= 11 is 0. The summed E-state index contributed by atoms with van der Waals surface area (Å²) in [6.45, 7) is 6.46. The molecule has 0 bridgehead atoms. The number of nitrogens with zero attached hydrogens (tertiary/aromatic N) is 2. The van der Waals surface area contributed by atoms with Crippen LogP contribution in [0, 0.1) is 5.92 Å². The van der Waals surface area contributed by atoms with Crippen molar-refractivity contribution in [2.24, 2.45) is 5.92 Å². The molecular weight excluding hydrogens is 196 g/mol. The third kappa shape index (κ3) is 2.84. The molecule has 1 saturated heterocycles. The minimum absolute atomic E-state index is 0.0293. The number of rotatable bonds is 4. The average Bonchev–Trinajstić information content (AvgIpc) is 2.12. The minimum atomic E-state index is -0.782. The fraction of sp³-hybridized carbons (Fsp3) is 0.800. The quantitative estimate of drug-likeness (QED) is 0.754. The van der Waals surface area contributed by atoms with Crippen molar-refractivity contribution in [1.29, 1.82) is 0 Å². The number of urea groups is 1. The van der Waals surface area contributed by atoms with Gasteiger partial charge in [0.15, 0.2) is 0 Å². The molecule has 0 unspecified atom stereocenters. The van der Waals surface area contributed by atoms with Gasteiger partial charge in [-0.3, -0.25) is 4.79 Å².